The fourth-order valence-electron chi connectivity index (χ4n) is 2.73. The van der Waals surface area contributed by atoms with E-state index in [1.165, 1.54) is 6.42 Å². The molecule has 0 aromatic carbocycles. The van der Waals surface area contributed by atoms with Gasteiger partial charge in [-0.15, -0.1) is 0 Å². The molecule has 0 aromatic rings. The molecule has 2 atom stereocenters. The summed E-state index contributed by atoms with van der Waals surface area (Å²) in [5, 5.41) is 3.14. The first-order chi connectivity index (χ1) is 7.55. The fraction of sp³-hybridized carbons (Fsp3) is 0.917. The Morgan fingerprint density at radius 2 is 2.31 bits per heavy atom. The van der Waals surface area contributed by atoms with E-state index < -0.39 is 5.54 Å². The van der Waals surface area contributed by atoms with Gasteiger partial charge in [-0.3, -0.25) is 4.79 Å². The van der Waals surface area contributed by atoms with Gasteiger partial charge in [-0.05, 0) is 52.7 Å². The summed E-state index contributed by atoms with van der Waals surface area (Å²) in [7, 11) is 3.98. The van der Waals surface area contributed by atoms with E-state index in [1.807, 2.05) is 7.05 Å². The highest BCUT2D eigenvalue weighted by Crippen LogP contribution is 2.30. The lowest BCUT2D eigenvalue weighted by molar-refractivity contribution is -0.126. The molecule has 94 valence electrons. The molecule has 0 spiro atoms. The maximum atomic E-state index is 11.6. The highest BCUT2D eigenvalue weighted by molar-refractivity contribution is 5.84. The van der Waals surface area contributed by atoms with E-state index >= 15 is 0 Å². The molecule has 0 radical (unpaired) electrons. The molecule has 0 aliphatic heterocycles. The van der Waals surface area contributed by atoms with Gasteiger partial charge in [-0.2, -0.15) is 0 Å². The van der Waals surface area contributed by atoms with Crippen LogP contribution in [0.2, 0.25) is 0 Å². The Morgan fingerprint density at radius 1 is 1.62 bits per heavy atom. The molecular formula is C12H25N3O. The van der Waals surface area contributed by atoms with E-state index in [4.69, 9.17) is 5.73 Å². The first kappa shape index (κ1) is 13.5. The summed E-state index contributed by atoms with van der Waals surface area (Å²) >= 11 is 0. The second kappa shape index (κ2) is 5.64. The van der Waals surface area contributed by atoms with Crippen LogP contribution in [0.3, 0.4) is 0 Å². The molecule has 4 heteroatoms. The van der Waals surface area contributed by atoms with Crippen LogP contribution >= 0.6 is 0 Å². The molecule has 1 aliphatic carbocycles. The minimum absolute atomic E-state index is 0.204. The van der Waals surface area contributed by atoms with Crippen LogP contribution in [0.4, 0.5) is 0 Å². The Balaban J connectivity index is 2.68. The summed E-state index contributed by atoms with van der Waals surface area (Å²) in [4.78, 5) is 13.9. The van der Waals surface area contributed by atoms with E-state index in [0.717, 1.165) is 32.2 Å². The Bertz CT molecular complexity index is 244. The third-order valence-corrected chi connectivity index (χ3v) is 3.87. The van der Waals surface area contributed by atoms with Crippen molar-refractivity contribution in [3.63, 3.8) is 0 Å². The van der Waals surface area contributed by atoms with Crippen molar-refractivity contribution in [2.45, 2.75) is 50.6 Å². The average molecular weight is 227 g/mol. The molecule has 4 nitrogen and oxygen atoms in total. The lowest BCUT2D eigenvalue weighted by Crippen LogP contribution is -2.59. The molecule has 2 unspecified atom stereocenters. The number of nitrogens with one attached hydrogen (secondary N) is 1. The zero-order valence-corrected chi connectivity index (χ0v) is 10.8. The fourth-order valence-corrected chi connectivity index (χ4v) is 2.73. The van der Waals surface area contributed by atoms with Gasteiger partial charge in [0.15, 0.2) is 0 Å². The van der Waals surface area contributed by atoms with Crippen LogP contribution in [0.1, 0.15) is 39.0 Å². The van der Waals surface area contributed by atoms with Crippen molar-refractivity contribution in [2.24, 2.45) is 5.73 Å². The summed E-state index contributed by atoms with van der Waals surface area (Å²) in [6, 6.07) is 0.480. The summed E-state index contributed by atoms with van der Waals surface area (Å²) in [5.74, 6) is -0.204. The van der Waals surface area contributed by atoms with E-state index in [2.05, 4.69) is 24.2 Å². The van der Waals surface area contributed by atoms with Crippen molar-refractivity contribution in [1.82, 2.24) is 10.2 Å². The van der Waals surface area contributed by atoms with E-state index in [1.54, 1.807) is 0 Å². The Hall–Kier alpha value is -0.610. The van der Waals surface area contributed by atoms with Crippen molar-refractivity contribution in [3.05, 3.63) is 0 Å². The maximum absolute atomic E-state index is 11.6. The van der Waals surface area contributed by atoms with Crippen LogP contribution in [0.5, 0.6) is 0 Å². The Labute approximate surface area is 98.6 Å². The van der Waals surface area contributed by atoms with E-state index in [-0.39, 0.29) is 5.91 Å². The first-order valence-corrected chi connectivity index (χ1v) is 6.25. The van der Waals surface area contributed by atoms with Crippen LogP contribution in [0.15, 0.2) is 0 Å². The number of hydrogen-bond donors (Lipinski definition) is 2. The third-order valence-electron chi connectivity index (χ3n) is 3.87. The number of likely N-dealkylation sites (N-methyl/N-ethyl adjacent to an activating group) is 1. The number of nitrogens with two attached hydrogens (primary N) is 1. The molecule has 16 heavy (non-hydrogen) atoms. The number of carbonyl (C=O) groups is 1. The van der Waals surface area contributed by atoms with Gasteiger partial charge in [0, 0.05) is 6.04 Å². The summed E-state index contributed by atoms with van der Waals surface area (Å²) in [5.41, 5.74) is 5.05. The van der Waals surface area contributed by atoms with Crippen molar-refractivity contribution >= 4 is 5.91 Å². The quantitative estimate of drug-likeness (QED) is 0.727. The molecule has 3 N–H and O–H groups in total. The van der Waals surface area contributed by atoms with Gasteiger partial charge in [-0.25, -0.2) is 0 Å². The van der Waals surface area contributed by atoms with Crippen LogP contribution in [-0.2, 0) is 4.79 Å². The zero-order chi connectivity index (χ0) is 12.2. The molecule has 1 saturated carbocycles. The average Bonchev–Trinajstić information content (AvgIpc) is 2.29. The summed E-state index contributed by atoms with van der Waals surface area (Å²) in [6.45, 7) is 3.27. The largest absolute Gasteiger partial charge is 0.368 e. The molecule has 0 heterocycles. The maximum Gasteiger partial charge on any atom is 0.237 e. The molecule has 0 aromatic heterocycles. The van der Waals surface area contributed by atoms with Gasteiger partial charge in [0.1, 0.15) is 0 Å². The predicted octanol–water partition coefficient (Wildman–Crippen LogP) is 0.714. The molecule has 0 saturated heterocycles. The number of hydrogen-bond acceptors (Lipinski definition) is 3. The second-order valence-electron chi connectivity index (χ2n) is 4.93. The lowest BCUT2D eigenvalue weighted by atomic mass is 9.78. The smallest absolute Gasteiger partial charge is 0.237 e. The van der Waals surface area contributed by atoms with Gasteiger partial charge >= 0.3 is 0 Å². The van der Waals surface area contributed by atoms with Gasteiger partial charge in [0.05, 0.1) is 5.54 Å². The predicted molar refractivity (Wildman–Crippen MR) is 66.2 cm³/mol. The topological polar surface area (TPSA) is 58.4 Å². The molecule has 1 amide bonds. The highest BCUT2D eigenvalue weighted by atomic mass is 16.1. The van der Waals surface area contributed by atoms with Crippen molar-refractivity contribution in [3.8, 4) is 0 Å². The van der Waals surface area contributed by atoms with Crippen molar-refractivity contribution in [1.29, 1.82) is 0 Å². The first-order valence-electron chi connectivity index (χ1n) is 6.25. The second-order valence-corrected chi connectivity index (χ2v) is 4.93. The third kappa shape index (κ3) is 2.74. The summed E-state index contributed by atoms with van der Waals surface area (Å²) in [6.07, 6.45) is 5.11. The molecule has 1 aliphatic rings. The number of carbonyl (C=O) groups excluding carboxylic acids is 1. The minimum Gasteiger partial charge on any atom is -0.368 e. The number of primary amides is 1. The zero-order valence-electron chi connectivity index (χ0n) is 10.8. The van der Waals surface area contributed by atoms with Crippen molar-refractivity contribution < 1.29 is 4.79 Å². The Morgan fingerprint density at radius 3 is 2.81 bits per heavy atom. The molecule has 1 fully saturated rings. The normalized spacial score (nSPS) is 30.6. The van der Waals surface area contributed by atoms with Gasteiger partial charge < -0.3 is 16.0 Å². The van der Waals surface area contributed by atoms with Gasteiger partial charge in [-0.1, -0.05) is 6.92 Å². The lowest BCUT2D eigenvalue weighted by Gasteiger charge is -2.41. The number of amides is 1. The van der Waals surface area contributed by atoms with E-state index in [0.29, 0.717) is 6.04 Å². The van der Waals surface area contributed by atoms with Crippen molar-refractivity contribution in [2.75, 3.05) is 20.6 Å². The number of nitrogens with zero attached hydrogens (tertiary/aromatic N) is 1. The molecule has 0 bridgehead atoms. The van der Waals surface area contributed by atoms with Gasteiger partial charge in [0.25, 0.3) is 0 Å². The standard InChI is InChI=1S/C12H25N3O/c1-4-8-15(3)10-6-5-7-12(9-10,14-2)11(13)16/h10,14H,4-9H2,1-3H3,(H2,13,16). The van der Waals surface area contributed by atoms with E-state index in [9.17, 15) is 4.79 Å². The van der Waals surface area contributed by atoms with Crippen LogP contribution in [0, 0.1) is 0 Å². The van der Waals surface area contributed by atoms with Crippen LogP contribution in [0.25, 0.3) is 0 Å². The minimum atomic E-state index is -0.481. The highest BCUT2D eigenvalue weighted by Gasteiger charge is 2.40. The number of rotatable bonds is 5. The molecule has 1 rings (SSSR count). The SMILES string of the molecule is CCCN(C)C1CCCC(NC)(C(N)=O)C1. The summed E-state index contributed by atoms with van der Waals surface area (Å²) < 4.78 is 0. The molecular weight excluding hydrogens is 202 g/mol. The monoisotopic (exact) mass is 227 g/mol. The Kier molecular flexibility index (Phi) is 4.74. The van der Waals surface area contributed by atoms with Crippen LogP contribution < -0.4 is 11.1 Å². The van der Waals surface area contributed by atoms with Crippen LogP contribution in [-0.4, -0.2) is 43.0 Å². The van der Waals surface area contributed by atoms with Gasteiger partial charge in [0.2, 0.25) is 5.91 Å².